The van der Waals surface area contributed by atoms with E-state index in [1.165, 1.54) is 6.08 Å². The highest BCUT2D eigenvalue weighted by molar-refractivity contribution is 6.03. The van der Waals surface area contributed by atoms with E-state index in [2.05, 4.69) is 13.2 Å². The number of hydrogen-bond acceptors (Lipinski definition) is 4. The zero-order chi connectivity index (χ0) is 19.4. The summed E-state index contributed by atoms with van der Waals surface area (Å²) in [4.78, 5) is 26.7. The van der Waals surface area contributed by atoms with Crippen LogP contribution in [0.4, 0.5) is 5.69 Å². The van der Waals surface area contributed by atoms with Crippen molar-refractivity contribution >= 4 is 17.6 Å². The Kier molecular flexibility index (Phi) is 5.41. The van der Waals surface area contributed by atoms with Crippen LogP contribution >= 0.6 is 0 Å². The normalized spacial score (nSPS) is 18.2. The highest BCUT2D eigenvalue weighted by Crippen LogP contribution is 2.35. The predicted molar refractivity (Wildman–Crippen MR) is 104 cm³/mol. The van der Waals surface area contributed by atoms with Gasteiger partial charge in [-0.25, -0.2) is 4.79 Å². The highest BCUT2D eigenvalue weighted by Gasteiger charge is 2.37. The molecule has 0 fully saturated rings. The number of nitrogens with zero attached hydrogens (tertiary/aromatic N) is 1. The molecule has 1 amide bonds. The van der Waals surface area contributed by atoms with Gasteiger partial charge in [0.1, 0.15) is 11.9 Å². The minimum atomic E-state index is -0.571. The molecule has 0 spiro atoms. The van der Waals surface area contributed by atoms with E-state index in [0.717, 1.165) is 11.3 Å². The first-order chi connectivity index (χ1) is 13.1. The molecule has 0 unspecified atom stereocenters. The van der Waals surface area contributed by atoms with Crippen molar-refractivity contribution in [1.82, 2.24) is 0 Å². The van der Waals surface area contributed by atoms with Crippen LogP contribution in [-0.4, -0.2) is 31.1 Å². The van der Waals surface area contributed by atoms with E-state index in [9.17, 15) is 9.59 Å². The second kappa shape index (κ2) is 7.91. The number of amides is 1. The summed E-state index contributed by atoms with van der Waals surface area (Å²) in [7, 11) is 1.58. The lowest BCUT2D eigenvalue weighted by atomic mass is 9.92. The maximum Gasteiger partial charge on any atom is 0.338 e. The van der Waals surface area contributed by atoms with Gasteiger partial charge in [-0.1, -0.05) is 30.9 Å². The molecule has 5 heteroatoms. The molecule has 2 atom stereocenters. The largest absolute Gasteiger partial charge is 0.497 e. The van der Waals surface area contributed by atoms with Crippen molar-refractivity contribution in [2.75, 3.05) is 12.0 Å². The maximum absolute atomic E-state index is 12.6. The van der Waals surface area contributed by atoms with Crippen molar-refractivity contribution in [2.45, 2.75) is 18.6 Å². The summed E-state index contributed by atoms with van der Waals surface area (Å²) in [5, 5.41) is 0. The van der Waals surface area contributed by atoms with E-state index in [1.807, 2.05) is 18.2 Å². The number of methoxy groups -OCH3 is 1. The summed E-state index contributed by atoms with van der Waals surface area (Å²) in [6.45, 7) is 7.43. The van der Waals surface area contributed by atoms with Gasteiger partial charge < -0.3 is 9.47 Å². The molecule has 1 aliphatic heterocycles. The van der Waals surface area contributed by atoms with Crippen LogP contribution in [0.2, 0.25) is 0 Å². The average Bonchev–Trinajstić information content (AvgIpc) is 2.72. The lowest BCUT2D eigenvalue weighted by Gasteiger charge is -2.40. The third-order valence-corrected chi connectivity index (χ3v) is 4.57. The number of carbonyl (C=O) groups is 2. The maximum atomic E-state index is 12.6. The van der Waals surface area contributed by atoms with Crippen LogP contribution in [0.1, 0.15) is 15.9 Å². The summed E-state index contributed by atoms with van der Waals surface area (Å²) in [6, 6.07) is 13.7. The standard InChI is InChI=1S/C22H21NO4/c1-4-18-20(27-22(25)15-9-7-6-8-10-15)14-16-13-17(26-3)11-12-19(16)23(18)21(24)5-2/h4-13,18,20H,1-2,14H2,3H3/t18-,20+/m1/s1. The lowest BCUT2D eigenvalue weighted by Crippen LogP contribution is -2.51. The molecule has 2 aromatic rings. The molecule has 138 valence electrons. The Balaban J connectivity index is 1.98. The van der Waals surface area contributed by atoms with Gasteiger partial charge in [-0.3, -0.25) is 9.69 Å². The van der Waals surface area contributed by atoms with Gasteiger partial charge >= 0.3 is 5.97 Å². The van der Waals surface area contributed by atoms with Gasteiger partial charge in [0.2, 0.25) is 0 Å². The summed E-state index contributed by atoms with van der Waals surface area (Å²) >= 11 is 0. The van der Waals surface area contributed by atoms with Crippen molar-refractivity contribution in [2.24, 2.45) is 0 Å². The first kappa shape index (κ1) is 18.5. The van der Waals surface area contributed by atoms with Crippen molar-refractivity contribution in [3.05, 3.63) is 85.0 Å². The Labute approximate surface area is 158 Å². The summed E-state index contributed by atoms with van der Waals surface area (Å²) in [5.41, 5.74) is 2.05. The Morgan fingerprint density at radius 3 is 2.52 bits per heavy atom. The summed E-state index contributed by atoms with van der Waals surface area (Å²) in [6.07, 6.45) is 2.74. The van der Waals surface area contributed by atoms with E-state index in [0.29, 0.717) is 17.7 Å². The monoisotopic (exact) mass is 363 g/mol. The molecule has 0 aromatic heterocycles. The smallest absolute Gasteiger partial charge is 0.338 e. The Morgan fingerprint density at radius 2 is 1.89 bits per heavy atom. The SMILES string of the molecule is C=CC(=O)N1c2ccc(OC)cc2C[C@H](OC(=O)c2ccccc2)[C@H]1C=C. The van der Waals surface area contributed by atoms with E-state index >= 15 is 0 Å². The Morgan fingerprint density at radius 1 is 1.15 bits per heavy atom. The molecule has 0 radical (unpaired) electrons. The number of rotatable bonds is 5. The molecular weight excluding hydrogens is 342 g/mol. The van der Waals surface area contributed by atoms with Crippen LogP contribution in [-0.2, 0) is 16.0 Å². The first-order valence-corrected chi connectivity index (χ1v) is 8.60. The first-order valence-electron chi connectivity index (χ1n) is 8.60. The van der Waals surface area contributed by atoms with E-state index in [1.54, 1.807) is 48.4 Å². The molecule has 0 aliphatic carbocycles. The van der Waals surface area contributed by atoms with Gasteiger partial charge in [-0.2, -0.15) is 0 Å². The van der Waals surface area contributed by atoms with Gasteiger partial charge in [0.15, 0.2) is 0 Å². The van der Waals surface area contributed by atoms with Crippen LogP contribution < -0.4 is 9.64 Å². The zero-order valence-corrected chi connectivity index (χ0v) is 15.1. The van der Waals surface area contributed by atoms with Crippen LogP contribution in [0.5, 0.6) is 5.75 Å². The minimum absolute atomic E-state index is 0.285. The van der Waals surface area contributed by atoms with E-state index in [-0.39, 0.29) is 5.91 Å². The van der Waals surface area contributed by atoms with Crippen molar-refractivity contribution in [3.63, 3.8) is 0 Å². The number of esters is 1. The molecule has 0 saturated heterocycles. The van der Waals surface area contributed by atoms with Gasteiger partial charge in [-0.15, -0.1) is 6.58 Å². The molecule has 0 saturated carbocycles. The zero-order valence-electron chi connectivity index (χ0n) is 15.1. The van der Waals surface area contributed by atoms with E-state index < -0.39 is 18.1 Å². The molecule has 0 bridgehead atoms. The average molecular weight is 363 g/mol. The van der Waals surface area contributed by atoms with Crippen LogP contribution in [0, 0.1) is 0 Å². The fourth-order valence-electron chi connectivity index (χ4n) is 3.26. The molecule has 27 heavy (non-hydrogen) atoms. The summed E-state index contributed by atoms with van der Waals surface area (Å²) in [5.74, 6) is -0.0542. The molecule has 2 aromatic carbocycles. The number of hydrogen-bond donors (Lipinski definition) is 0. The third kappa shape index (κ3) is 3.62. The predicted octanol–water partition coefficient (Wildman–Crippen LogP) is 3.55. The number of carbonyl (C=O) groups excluding carboxylic acids is 2. The Bertz CT molecular complexity index is 875. The third-order valence-electron chi connectivity index (χ3n) is 4.57. The van der Waals surface area contributed by atoms with Crippen molar-refractivity contribution < 1.29 is 19.1 Å². The van der Waals surface area contributed by atoms with Crippen molar-refractivity contribution in [1.29, 1.82) is 0 Å². The van der Waals surface area contributed by atoms with Gasteiger partial charge in [0.05, 0.1) is 18.7 Å². The topological polar surface area (TPSA) is 55.8 Å². The fraction of sp³-hybridized carbons (Fsp3) is 0.182. The van der Waals surface area contributed by atoms with Crippen molar-refractivity contribution in [3.8, 4) is 5.75 Å². The van der Waals surface area contributed by atoms with Gasteiger partial charge in [-0.05, 0) is 42.0 Å². The lowest BCUT2D eigenvalue weighted by molar-refractivity contribution is -0.115. The molecular formula is C22H21NO4. The second-order valence-electron chi connectivity index (χ2n) is 6.15. The van der Waals surface area contributed by atoms with Gasteiger partial charge in [0.25, 0.3) is 5.91 Å². The van der Waals surface area contributed by atoms with E-state index in [4.69, 9.17) is 9.47 Å². The van der Waals surface area contributed by atoms with Crippen LogP contribution in [0.15, 0.2) is 73.8 Å². The molecule has 1 heterocycles. The number of ether oxygens (including phenoxy) is 2. The highest BCUT2D eigenvalue weighted by atomic mass is 16.5. The molecule has 1 aliphatic rings. The minimum Gasteiger partial charge on any atom is -0.497 e. The van der Waals surface area contributed by atoms with Crippen LogP contribution in [0.3, 0.4) is 0 Å². The van der Waals surface area contributed by atoms with Crippen LogP contribution in [0.25, 0.3) is 0 Å². The quantitative estimate of drug-likeness (QED) is 0.463. The summed E-state index contributed by atoms with van der Waals surface area (Å²) < 4.78 is 11.0. The Hall–Kier alpha value is -3.34. The molecule has 5 nitrogen and oxygen atoms in total. The second-order valence-corrected chi connectivity index (χ2v) is 6.15. The van der Waals surface area contributed by atoms with Gasteiger partial charge in [0, 0.05) is 12.1 Å². The molecule has 3 rings (SSSR count). The fourth-order valence-corrected chi connectivity index (χ4v) is 3.26. The number of benzene rings is 2. The number of anilines is 1. The number of fused-ring (bicyclic) bond motifs is 1. The molecule has 0 N–H and O–H groups in total.